The molecule has 0 unspecified atom stereocenters. The second-order valence-electron chi connectivity index (χ2n) is 18.3. The second kappa shape index (κ2) is 15.9. The van der Waals surface area contributed by atoms with Crippen molar-refractivity contribution in [3.8, 4) is 0 Å². The average Bonchev–Trinajstić information content (AvgIpc) is 3.78. The second-order valence-corrected chi connectivity index (χ2v) is 20.2. The zero-order valence-electron chi connectivity index (χ0n) is 35.5. The summed E-state index contributed by atoms with van der Waals surface area (Å²) >= 11 is 0. The lowest BCUT2D eigenvalue weighted by Crippen LogP contribution is -2.27. The van der Waals surface area contributed by atoms with Crippen LogP contribution in [-0.2, 0) is 41.0 Å². The smallest absolute Gasteiger partial charge is 0.267 e. The molecule has 0 radical (unpaired) electrons. The highest BCUT2D eigenvalue weighted by Gasteiger charge is 2.31. The van der Waals surface area contributed by atoms with Crippen LogP contribution in [0.25, 0.3) is 22.1 Å². The van der Waals surface area contributed by atoms with Crippen LogP contribution in [0.1, 0.15) is 129 Å². The molecule has 5 aromatic rings. The highest BCUT2D eigenvalue weighted by molar-refractivity contribution is 7.92. The Labute approximate surface area is 330 Å². The van der Waals surface area contributed by atoms with E-state index in [0.29, 0.717) is 23.0 Å². The summed E-state index contributed by atoms with van der Waals surface area (Å²) in [5, 5.41) is 7.51. The lowest BCUT2D eigenvalue weighted by molar-refractivity contribution is 0.313. The third kappa shape index (κ3) is 8.61. The molecule has 55 heavy (non-hydrogen) atoms. The van der Waals surface area contributed by atoms with Crippen LogP contribution in [0.2, 0.25) is 0 Å². The van der Waals surface area contributed by atoms with Gasteiger partial charge in [-0.3, -0.25) is 8.99 Å². The van der Waals surface area contributed by atoms with Gasteiger partial charge in [0, 0.05) is 50.7 Å². The van der Waals surface area contributed by atoms with Crippen molar-refractivity contribution in [1.29, 1.82) is 0 Å². The predicted octanol–water partition coefficient (Wildman–Crippen LogP) is 10.0. The minimum atomic E-state index is -3.74. The van der Waals surface area contributed by atoms with Crippen molar-refractivity contribution in [2.24, 2.45) is 18.9 Å². The zero-order chi connectivity index (χ0) is 39.9. The number of fused-ring (bicyclic) bond motifs is 2. The van der Waals surface area contributed by atoms with Crippen LogP contribution < -0.4 is 9.62 Å². The molecule has 0 amide bonds. The summed E-state index contributed by atoms with van der Waals surface area (Å²) in [6.07, 6.45) is 13.4. The van der Waals surface area contributed by atoms with E-state index in [0.717, 1.165) is 47.1 Å². The quantitative estimate of drug-likeness (QED) is 0.169. The van der Waals surface area contributed by atoms with Gasteiger partial charge in [0.15, 0.2) is 0 Å². The molecular formula is C44H66N8O2S. The maximum absolute atomic E-state index is 13.5. The Balaban J connectivity index is 0.000000203. The number of sulfonamides is 1. The molecule has 0 atom stereocenters. The molecule has 0 saturated heterocycles. The van der Waals surface area contributed by atoms with Gasteiger partial charge in [-0.1, -0.05) is 80.1 Å². The Kier molecular flexibility index (Phi) is 11.8. The Morgan fingerprint density at radius 3 is 1.65 bits per heavy atom. The fraction of sp³-hybridized carbons (Fsp3) is 0.614. The maximum atomic E-state index is 13.5. The van der Waals surface area contributed by atoms with Gasteiger partial charge in [-0.05, 0) is 87.8 Å². The Morgan fingerprint density at radius 2 is 1.22 bits per heavy atom. The van der Waals surface area contributed by atoms with Crippen molar-refractivity contribution in [2.75, 3.05) is 23.7 Å². The predicted molar refractivity (Wildman–Crippen MR) is 228 cm³/mol. The first-order valence-electron chi connectivity index (χ1n) is 20.6. The van der Waals surface area contributed by atoms with Crippen LogP contribution in [0.4, 0.5) is 11.4 Å². The standard InChI is InChI=1S/C25H37N5O2S.C19H29N3/c1-17-23(18(2)28(6)27-17)33(31,32)29(7)20-13-14-22-21(15-20)26-24(25(3,4)5)30(22)16-19-11-9-8-10-12-19;1-19(2,3)18-21-16-12-15(20-4)10-11-17(16)22(18)13-14-8-6-5-7-9-14/h13-15,19H,8-12,16H2,1-7H3;10-12,14,20H,5-9,13H2,1-4H3. The minimum absolute atomic E-state index is 0.0769. The number of hydrogen-bond donors (Lipinski definition) is 1. The highest BCUT2D eigenvalue weighted by atomic mass is 32.2. The number of hydrogen-bond acceptors (Lipinski definition) is 6. The summed E-state index contributed by atoms with van der Waals surface area (Å²) in [6, 6.07) is 12.4. The van der Waals surface area contributed by atoms with Crippen LogP contribution >= 0.6 is 0 Å². The summed E-state index contributed by atoms with van der Waals surface area (Å²) < 4.78 is 34.8. The van der Waals surface area contributed by atoms with Crippen LogP contribution in [0, 0.1) is 25.7 Å². The van der Waals surface area contributed by atoms with E-state index >= 15 is 0 Å². The van der Waals surface area contributed by atoms with E-state index in [1.807, 2.05) is 25.2 Å². The van der Waals surface area contributed by atoms with E-state index in [1.54, 1.807) is 32.6 Å². The number of rotatable bonds is 8. The molecule has 0 bridgehead atoms. The third-order valence-corrected chi connectivity index (χ3v) is 13.9. The van der Waals surface area contributed by atoms with E-state index < -0.39 is 10.0 Å². The molecule has 3 aromatic heterocycles. The van der Waals surface area contributed by atoms with Gasteiger partial charge in [-0.25, -0.2) is 18.4 Å². The van der Waals surface area contributed by atoms with Crippen molar-refractivity contribution in [2.45, 2.75) is 148 Å². The van der Waals surface area contributed by atoms with E-state index in [2.05, 4.69) is 79.3 Å². The fourth-order valence-electron chi connectivity index (χ4n) is 8.77. The molecule has 0 spiro atoms. The molecule has 2 saturated carbocycles. The monoisotopic (exact) mass is 771 g/mol. The average molecular weight is 771 g/mol. The molecule has 11 heteroatoms. The number of aromatic nitrogens is 6. The van der Waals surface area contributed by atoms with Gasteiger partial charge in [-0.15, -0.1) is 0 Å². The van der Waals surface area contributed by atoms with Gasteiger partial charge in [0.25, 0.3) is 10.0 Å². The number of nitrogens with one attached hydrogen (secondary N) is 1. The molecule has 0 aliphatic heterocycles. The molecule has 1 N–H and O–H groups in total. The van der Waals surface area contributed by atoms with Crippen LogP contribution in [0.5, 0.6) is 0 Å². The molecule has 2 aliphatic rings. The van der Waals surface area contributed by atoms with Crippen molar-refractivity contribution in [3.63, 3.8) is 0 Å². The summed E-state index contributed by atoms with van der Waals surface area (Å²) in [6.45, 7) is 19.0. The summed E-state index contributed by atoms with van der Waals surface area (Å²) in [4.78, 5) is 10.3. The van der Waals surface area contributed by atoms with Gasteiger partial charge in [0.1, 0.15) is 16.5 Å². The lowest BCUT2D eigenvalue weighted by Gasteiger charge is -2.26. The van der Waals surface area contributed by atoms with Crippen molar-refractivity contribution in [1.82, 2.24) is 28.9 Å². The van der Waals surface area contributed by atoms with Gasteiger partial charge in [0.05, 0.1) is 39.1 Å². The fourth-order valence-corrected chi connectivity index (χ4v) is 10.4. The summed E-state index contributed by atoms with van der Waals surface area (Å²) in [7, 11) is 1.59. The molecule has 10 nitrogen and oxygen atoms in total. The van der Waals surface area contributed by atoms with Gasteiger partial charge in [0.2, 0.25) is 0 Å². The molecule has 7 rings (SSSR count). The van der Waals surface area contributed by atoms with Crippen LogP contribution in [0.15, 0.2) is 41.3 Å². The number of anilines is 2. The highest BCUT2D eigenvalue weighted by Crippen LogP contribution is 2.35. The van der Waals surface area contributed by atoms with Crippen LogP contribution in [0.3, 0.4) is 0 Å². The maximum Gasteiger partial charge on any atom is 0.267 e. The third-order valence-electron chi connectivity index (χ3n) is 11.9. The topological polar surface area (TPSA) is 103 Å². The molecule has 3 heterocycles. The number of imidazole rings is 2. The summed E-state index contributed by atoms with van der Waals surface area (Å²) in [5.74, 6) is 3.78. The molecule has 2 aromatic carbocycles. The normalized spacial score (nSPS) is 16.4. The molecule has 300 valence electrons. The van der Waals surface area contributed by atoms with E-state index in [9.17, 15) is 8.42 Å². The largest absolute Gasteiger partial charge is 0.388 e. The van der Waals surface area contributed by atoms with Crippen molar-refractivity contribution in [3.05, 3.63) is 59.4 Å². The van der Waals surface area contributed by atoms with Crippen molar-refractivity contribution >= 4 is 43.5 Å². The minimum Gasteiger partial charge on any atom is -0.388 e. The zero-order valence-corrected chi connectivity index (χ0v) is 36.3. The van der Waals surface area contributed by atoms with E-state index in [4.69, 9.17) is 9.97 Å². The first-order valence-corrected chi connectivity index (χ1v) is 22.0. The number of benzene rings is 2. The SMILES string of the molecule is CNc1ccc2c(c1)nc(C(C)(C)C)n2CC1CCCCC1.Cc1nn(C)c(C)c1S(=O)(=O)N(C)c1ccc2c(c1)nc(C(C)(C)C)n2CC1CCCCC1. The molecule has 2 aliphatic carbocycles. The van der Waals surface area contributed by atoms with Gasteiger partial charge >= 0.3 is 0 Å². The molecular weight excluding hydrogens is 705 g/mol. The van der Waals surface area contributed by atoms with E-state index in [1.165, 1.54) is 79.9 Å². The first-order chi connectivity index (χ1) is 25.9. The van der Waals surface area contributed by atoms with Crippen LogP contribution in [-0.4, -0.2) is 51.4 Å². The first kappa shape index (κ1) is 40.8. The Morgan fingerprint density at radius 1 is 0.745 bits per heavy atom. The Hall–Kier alpha value is -3.86. The van der Waals surface area contributed by atoms with Gasteiger partial charge in [-0.2, -0.15) is 5.10 Å². The Bertz CT molecular complexity index is 2220. The van der Waals surface area contributed by atoms with Crippen molar-refractivity contribution < 1.29 is 8.42 Å². The van der Waals surface area contributed by atoms with Gasteiger partial charge < -0.3 is 14.5 Å². The van der Waals surface area contributed by atoms with E-state index in [-0.39, 0.29) is 15.7 Å². The summed E-state index contributed by atoms with van der Waals surface area (Å²) in [5.41, 5.74) is 7.18. The lowest BCUT2D eigenvalue weighted by atomic mass is 9.88. The number of nitrogens with zero attached hydrogens (tertiary/aromatic N) is 7. The molecule has 2 fully saturated rings. The number of aryl methyl sites for hydroxylation is 2.